The number of hydrogen-bond acceptors (Lipinski definition) is 4. The SMILES string of the molecule is CC(C)(C)[C](CCN1CCOCC1)N1CCOCC1. The summed E-state index contributed by atoms with van der Waals surface area (Å²) in [5.41, 5.74) is 0.254. The van der Waals surface area contributed by atoms with Crippen molar-refractivity contribution in [2.75, 3.05) is 59.2 Å². The summed E-state index contributed by atoms with van der Waals surface area (Å²) < 4.78 is 10.9. The first-order valence-electron chi connectivity index (χ1n) is 7.56. The zero-order valence-corrected chi connectivity index (χ0v) is 12.8. The molecule has 0 aromatic heterocycles. The van der Waals surface area contributed by atoms with E-state index < -0.39 is 0 Å². The molecule has 19 heavy (non-hydrogen) atoms. The zero-order chi connectivity index (χ0) is 13.7. The molecule has 0 bridgehead atoms. The standard InChI is InChI=1S/C15H29N2O2/c1-15(2,3)14(17-8-12-19-13-9-17)4-5-16-6-10-18-11-7-16/h4-13H2,1-3H3. The summed E-state index contributed by atoms with van der Waals surface area (Å²) in [5.74, 6) is 0. The van der Waals surface area contributed by atoms with Gasteiger partial charge in [-0.05, 0) is 11.8 Å². The maximum absolute atomic E-state index is 5.48. The molecule has 2 aliphatic heterocycles. The number of rotatable bonds is 4. The molecule has 2 heterocycles. The molecule has 0 saturated carbocycles. The first kappa shape index (κ1) is 15.2. The van der Waals surface area contributed by atoms with Gasteiger partial charge in [-0.25, -0.2) is 0 Å². The molecule has 0 aliphatic carbocycles. The number of morpholine rings is 2. The third-order valence-corrected chi connectivity index (χ3v) is 4.03. The molecule has 1 radical (unpaired) electrons. The van der Waals surface area contributed by atoms with Gasteiger partial charge in [-0.15, -0.1) is 0 Å². The predicted molar refractivity (Wildman–Crippen MR) is 77.0 cm³/mol. The highest BCUT2D eigenvalue weighted by Crippen LogP contribution is 2.34. The van der Waals surface area contributed by atoms with Crippen molar-refractivity contribution >= 4 is 0 Å². The van der Waals surface area contributed by atoms with Crippen molar-refractivity contribution in [1.82, 2.24) is 9.80 Å². The fourth-order valence-electron chi connectivity index (χ4n) is 2.93. The smallest absolute Gasteiger partial charge is 0.0594 e. The van der Waals surface area contributed by atoms with Crippen LogP contribution in [0.3, 0.4) is 0 Å². The second-order valence-electron chi connectivity index (χ2n) is 6.50. The van der Waals surface area contributed by atoms with Crippen molar-refractivity contribution in [2.24, 2.45) is 5.41 Å². The second-order valence-corrected chi connectivity index (χ2v) is 6.50. The Balaban J connectivity index is 1.86. The predicted octanol–water partition coefficient (Wildman–Crippen LogP) is 1.62. The van der Waals surface area contributed by atoms with Crippen molar-refractivity contribution in [3.63, 3.8) is 0 Å². The van der Waals surface area contributed by atoms with Crippen LogP contribution in [-0.2, 0) is 9.47 Å². The van der Waals surface area contributed by atoms with Crippen LogP contribution in [0.5, 0.6) is 0 Å². The summed E-state index contributed by atoms with van der Waals surface area (Å²) in [4.78, 5) is 5.07. The van der Waals surface area contributed by atoms with Crippen molar-refractivity contribution < 1.29 is 9.47 Å². The van der Waals surface area contributed by atoms with E-state index in [1.54, 1.807) is 6.04 Å². The van der Waals surface area contributed by atoms with E-state index in [2.05, 4.69) is 30.6 Å². The minimum absolute atomic E-state index is 0.254. The lowest BCUT2D eigenvalue weighted by atomic mass is 9.83. The highest BCUT2D eigenvalue weighted by molar-refractivity contribution is 5.01. The van der Waals surface area contributed by atoms with Crippen LogP contribution in [0.25, 0.3) is 0 Å². The molecule has 111 valence electrons. The molecule has 4 nitrogen and oxygen atoms in total. The highest BCUT2D eigenvalue weighted by atomic mass is 16.5. The maximum Gasteiger partial charge on any atom is 0.0594 e. The summed E-state index contributed by atoms with van der Waals surface area (Å²) in [6.07, 6.45) is 1.17. The molecule has 0 aromatic carbocycles. The number of hydrogen-bond donors (Lipinski definition) is 0. The van der Waals surface area contributed by atoms with Crippen molar-refractivity contribution in [2.45, 2.75) is 27.2 Å². The monoisotopic (exact) mass is 269 g/mol. The average molecular weight is 269 g/mol. The van der Waals surface area contributed by atoms with Crippen LogP contribution in [0.4, 0.5) is 0 Å². The minimum Gasteiger partial charge on any atom is -0.379 e. The molecule has 2 aliphatic rings. The van der Waals surface area contributed by atoms with Gasteiger partial charge >= 0.3 is 0 Å². The minimum atomic E-state index is 0.254. The van der Waals surface area contributed by atoms with Crippen molar-refractivity contribution in [3.8, 4) is 0 Å². The van der Waals surface area contributed by atoms with Gasteiger partial charge in [-0.2, -0.15) is 0 Å². The molecule has 2 fully saturated rings. The summed E-state index contributed by atoms with van der Waals surface area (Å²) in [5, 5.41) is 0. The quantitative estimate of drug-likeness (QED) is 0.774. The Bertz CT molecular complexity index is 253. The molecule has 0 aromatic rings. The second kappa shape index (κ2) is 7.02. The van der Waals surface area contributed by atoms with Crippen LogP contribution in [0.15, 0.2) is 0 Å². The average Bonchev–Trinajstić information content (AvgIpc) is 2.40. The fourth-order valence-corrected chi connectivity index (χ4v) is 2.93. The lowest BCUT2D eigenvalue weighted by Crippen LogP contribution is -2.46. The normalized spacial score (nSPS) is 24.0. The van der Waals surface area contributed by atoms with Crippen molar-refractivity contribution in [3.05, 3.63) is 6.04 Å². The van der Waals surface area contributed by atoms with Gasteiger partial charge in [0, 0.05) is 38.8 Å². The largest absolute Gasteiger partial charge is 0.379 e. The van der Waals surface area contributed by atoms with Gasteiger partial charge in [0.2, 0.25) is 0 Å². The lowest BCUT2D eigenvalue weighted by Gasteiger charge is -2.42. The first-order valence-corrected chi connectivity index (χ1v) is 7.56. The molecule has 0 amide bonds. The third kappa shape index (κ3) is 4.71. The molecule has 0 spiro atoms. The molecular weight excluding hydrogens is 240 g/mol. The van der Waals surface area contributed by atoms with Gasteiger partial charge in [-0.3, -0.25) is 9.80 Å². The van der Waals surface area contributed by atoms with Crippen LogP contribution in [-0.4, -0.2) is 69.0 Å². The first-order chi connectivity index (χ1) is 9.07. The summed E-state index contributed by atoms with van der Waals surface area (Å²) in [6.45, 7) is 15.9. The molecule has 0 N–H and O–H groups in total. The zero-order valence-electron chi connectivity index (χ0n) is 12.8. The van der Waals surface area contributed by atoms with Crippen LogP contribution in [0, 0.1) is 11.5 Å². The molecule has 2 rings (SSSR count). The number of nitrogens with zero attached hydrogens (tertiary/aromatic N) is 2. The summed E-state index contributed by atoms with van der Waals surface area (Å²) >= 11 is 0. The Morgan fingerprint density at radius 1 is 0.895 bits per heavy atom. The van der Waals surface area contributed by atoms with Gasteiger partial charge < -0.3 is 9.47 Å². The van der Waals surface area contributed by atoms with Gasteiger partial charge in [-0.1, -0.05) is 20.8 Å². The van der Waals surface area contributed by atoms with E-state index in [-0.39, 0.29) is 5.41 Å². The molecular formula is C15H29N2O2. The van der Waals surface area contributed by atoms with Gasteiger partial charge in [0.15, 0.2) is 0 Å². The van der Waals surface area contributed by atoms with Crippen LogP contribution in [0.1, 0.15) is 27.2 Å². The van der Waals surface area contributed by atoms with Crippen molar-refractivity contribution in [1.29, 1.82) is 0 Å². The van der Waals surface area contributed by atoms with Crippen LogP contribution in [0.2, 0.25) is 0 Å². The van der Waals surface area contributed by atoms with E-state index in [0.717, 1.165) is 59.2 Å². The summed E-state index contributed by atoms with van der Waals surface area (Å²) in [7, 11) is 0. The van der Waals surface area contributed by atoms with E-state index in [1.165, 1.54) is 6.42 Å². The third-order valence-electron chi connectivity index (χ3n) is 4.03. The Kier molecular flexibility index (Phi) is 5.63. The van der Waals surface area contributed by atoms with Gasteiger partial charge in [0.05, 0.1) is 26.4 Å². The van der Waals surface area contributed by atoms with E-state index in [1.807, 2.05) is 0 Å². The molecule has 4 heteroatoms. The van der Waals surface area contributed by atoms with E-state index in [9.17, 15) is 0 Å². The van der Waals surface area contributed by atoms with E-state index in [4.69, 9.17) is 9.47 Å². The summed E-state index contributed by atoms with van der Waals surface area (Å²) in [6, 6.07) is 1.59. The van der Waals surface area contributed by atoms with E-state index >= 15 is 0 Å². The molecule has 2 saturated heterocycles. The Labute approximate surface area is 118 Å². The molecule has 0 atom stereocenters. The Hall–Kier alpha value is -0.160. The Morgan fingerprint density at radius 3 is 1.95 bits per heavy atom. The fraction of sp³-hybridized carbons (Fsp3) is 0.933. The van der Waals surface area contributed by atoms with Gasteiger partial charge in [0.25, 0.3) is 0 Å². The highest BCUT2D eigenvalue weighted by Gasteiger charge is 2.32. The maximum atomic E-state index is 5.48. The Morgan fingerprint density at radius 2 is 1.42 bits per heavy atom. The topological polar surface area (TPSA) is 24.9 Å². The van der Waals surface area contributed by atoms with Crippen LogP contribution >= 0.6 is 0 Å². The lowest BCUT2D eigenvalue weighted by molar-refractivity contribution is 0.0136. The van der Waals surface area contributed by atoms with E-state index in [0.29, 0.717) is 0 Å². The van der Waals surface area contributed by atoms with Gasteiger partial charge in [0.1, 0.15) is 0 Å². The molecule has 0 unspecified atom stereocenters. The number of ether oxygens (including phenoxy) is 2. The van der Waals surface area contributed by atoms with Crippen LogP contribution < -0.4 is 0 Å².